The van der Waals surface area contributed by atoms with Crippen LogP contribution in [0, 0.1) is 17.8 Å². The molecule has 1 saturated carbocycles. The van der Waals surface area contributed by atoms with E-state index in [1.807, 2.05) is 0 Å². The van der Waals surface area contributed by atoms with Gasteiger partial charge in [-0.1, -0.05) is 51.1 Å². The summed E-state index contributed by atoms with van der Waals surface area (Å²) in [5.41, 5.74) is 0. The monoisotopic (exact) mass is 265 g/mol. The first-order chi connectivity index (χ1) is 8.38. The standard InChI is InChI=1S/C15H28BNS/c1-10(2)15(16)9-5-6-13-12(11(15)3)7-8-14(18)17(13)4/h10-13H,5-9,16H2,1-4H3. The first-order valence-corrected chi connectivity index (χ1v) is 8.04. The maximum absolute atomic E-state index is 5.51. The molecule has 3 heteroatoms. The van der Waals surface area contributed by atoms with Crippen LogP contribution in [0.3, 0.4) is 0 Å². The van der Waals surface area contributed by atoms with Gasteiger partial charge >= 0.3 is 0 Å². The van der Waals surface area contributed by atoms with Gasteiger partial charge in [-0.25, -0.2) is 0 Å². The van der Waals surface area contributed by atoms with Gasteiger partial charge in [0, 0.05) is 13.1 Å². The molecule has 102 valence electrons. The maximum Gasteiger partial charge on any atom is 0.110 e. The van der Waals surface area contributed by atoms with E-state index in [9.17, 15) is 0 Å². The van der Waals surface area contributed by atoms with E-state index in [0.717, 1.165) is 24.2 Å². The van der Waals surface area contributed by atoms with Crippen LogP contribution >= 0.6 is 12.2 Å². The molecule has 1 heterocycles. The first kappa shape index (κ1) is 14.4. The second-order valence-electron chi connectivity index (χ2n) is 7.12. The van der Waals surface area contributed by atoms with Gasteiger partial charge in [-0.2, -0.15) is 0 Å². The van der Waals surface area contributed by atoms with Crippen molar-refractivity contribution in [1.82, 2.24) is 4.90 Å². The number of fused-ring (bicyclic) bond motifs is 1. The summed E-state index contributed by atoms with van der Waals surface area (Å²) in [5, 5.41) is 0.513. The molecule has 2 fully saturated rings. The van der Waals surface area contributed by atoms with Gasteiger partial charge in [0.05, 0.1) is 4.99 Å². The van der Waals surface area contributed by atoms with Crippen LogP contribution in [0.2, 0.25) is 5.31 Å². The highest BCUT2D eigenvalue weighted by molar-refractivity contribution is 7.80. The van der Waals surface area contributed by atoms with Crippen LogP contribution in [0.25, 0.3) is 0 Å². The molecule has 2 aliphatic rings. The van der Waals surface area contributed by atoms with E-state index in [1.54, 1.807) is 0 Å². The minimum atomic E-state index is 0.513. The Kier molecular flexibility index (Phi) is 4.11. The van der Waals surface area contributed by atoms with Crippen LogP contribution in [0.15, 0.2) is 0 Å². The largest absolute Gasteiger partial charge is 0.366 e. The normalized spacial score (nSPS) is 41.7. The Morgan fingerprint density at radius 3 is 2.67 bits per heavy atom. The van der Waals surface area contributed by atoms with Crippen molar-refractivity contribution in [3.63, 3.8) is 0 Å². The number of nitrogens with zero attached hydrogens (tertiary/aromatic N) is 1. The molecule has 4 atom stereocenters. The fourth-order valence-corrected chi connectivity index (χ4v) is 4.60. The highest BCUT2D eigenvalue weighted by Crippen LogP contribution is 2.53. The van der Waals surface area contributed by atoms with Crippen molar-refractivity contribution in [3.05, 3.63) is 0 Å². The van der Waals surface area contributed by atoms with Gasteiger partial charge in [-0.3, -0.25) is 0 Å². The molecule has 1 saturated heterocycles. The Hall–Kier alpha value is -0.0451. The second-order valence-corrected chi connectivity index (χ2v) is 7.59. The average molecular weight is 265 g/mol. The lowest BCUT2D eigenvalue weighted by molar-refractivity contribution is 0.132. The Morgan fingerprint density at radius 1 is 1.39 bits per heavy atom. The van der Waals surface area contributed by atoms with E-state index in [0.29, 0.717) is 11.4 Å². The topological polar surface area (TPSA) is 3.24 Å². The highest BCUT2D eigenvalue weighted by atomic mass is 32.1. The van der Waals surface area contributed by atoms with Crippen molar-refractivity contribution in [3.8, 4) is 0 Å². The molecular formula is C15H28BNS. The van der Waals surface area contributed by atoms with Crippen LogP contribution < -0.4 is 0 Å². The molecule has 1 nitrogen and oxygen atoms in total. The van der Waals surface area contributed by atoms with Crippen molar-refractivity contribution in [1.29, 1.82) is 0 Å². The predicted octanol–water partition coefficient (Wildman–Crippen LogP) is 3.29. The molecule has 0 aromatic heterocycles. The quantitative estimate of drug-likeness (QED) is 0.528. The maximum atomic E-state index is 5.51. The van der Waals surface area contributed by atoms with Crippen molar-refractivity contribution in [2.75, 3.05) is 7.05 Å². The zero-order chi connectivity index (χ0) is 13.5. The van der Waals surface area contributed by atoms with Gasteiger partial charge in [0.2, 0.25) is 0 Å². The van der Waals surface area contributed by atoms with Crippen LogP contribution in [-0.4, -0.2) is 30.8 Å². The molecular weight excluding hydrogens is 237 g/mol. The summed E-state index contributed by atoms with van der Waals surface area (Å²) in [4.78, 5) is 3.61. The zero-order valence-corrected chi connectivity index (χ0v) is 13.5. The van der Waals surface area contributed by atoms with E-state index < -0.39 is 0 Å². The van der Waals surface area contributed by atoms with E-state index >= 15 is 0 Å². The summed E-state index contributed by atoms with van der Waals surface area (Å²) < 4.78 is 0. The van der Waals surface area contributed by atoms with Gasteiger partial charge in [0.15, 0.2) is 0 Å². The fourth-order valence-electron chi connectivity index (χ4n) is 4.35. The highest BCUT2D eigenvalue weighted by Gasteiger charge is 2.45. The van der Waals surface area contributed by atoms with E-state index in [1.165, 1.54) is 30.7 Å². The SMILES string of the molecule is BC1(C(C)C)CCCC2C(CCC(=S)N2C)C1C. The number of thiocarbonyl (C=S) groups is 1. The van der Waals surface area contributed by atoms with Gasteiger partial charge in [-0.05, 0) is 37.0 Å². The lowest BCUT2D eigenvalue weighted by atomic mass is 9.50. The fraction of sp³-hybridized carbons (Fsp3) is 0.933. The molecule has 2 rings (SSSR count). The molecule has 4 unspecified atom stereocenters. The smallest absolute Gasteiger partial charge is 0.110 e. The van der Waals surface area contributed by atoms with Crippen molar-refractivity contribution < 1.29 is 0 Å². The van der Waals surface area contributed by atoms with Crippen molar-refractivity contribution in [2.45, 2.75) is 64.2 Å². The van der Waals surface area contributed by atoms with Gasteiger partial charge in [-0.15, -0.1) is 0 Å². The minimum absolute atomic E-state index is 0.513. The molecule has 1 aliphatic carbocycles. The Morgan fingerprint density at radius 2 is 2.06 bits per heavy atom. The van der Waals surface area contributed by atoms with Gasteiger partial charge in [0.25, 0.3) is 0 Å². The third-order valence-electron chi connectivity index (χ3n) is 6.29. The Balaban J connectivity index is 2.26. The number of hydrogen-bond donors (Lipinski definition) is 0. The van der Waals surface area contributed by atoms with Crippen LogP contribution in [-0.2, 0) is 0 Å². The summed E-state index contributed by atoms with van der Waals surface area (Å²) in [6.45, 7) is 7.33. The lowest BCUT2D eigenvalue weighted by Gasteiger charge is -2.48. The molecule has 0 bridgehead atoms. The Labute approximate surface area is 119 Å². The van der Waals surface area contributed by atoms with Gasteiger partial charge < -0.3 is 4.90 Å². The number of rotatable bonds is 1. The summed E-state index contributed by atoms with van der Waals surface area (Å²) in [6.07, 6.45) is 6.55. The molecule has 0 radical (unpaired) electrons. The van der Waals surface area contributed by atoms with E-state index in [2.05, 4.69) is 40.6 Å². The minimum Gasteiger partial charge on any atom is -0.366 e. The number of likely N-dealkylation sites (tertiary alicyclic amines) is 1. The predicted molar refractivity (Wildman–Crippen MR) is 86.0 cm³/mol. The third-order valence-corrected chi connectivity index (χ3v) is 6.79. The molecule has 0 aromatic rings. The summed E-state index contributed by atoms with van der Waals surface area (Å²) in [5.74, 6) is 2.44. The number of hydrogen-bond acceptors (Lipinski definition) is 1. The average Bonchev–Trinajstić information content (AvgIpc) is 2.45. The van der Waals surface area contributed by atoms with Crippen LogP contribution in [0.1, 0.15) is 52.9 Å². The summed E-state index contributed by atoms with van der Waals surface area (Å²) >= 11 is 5.51. The lowest BCUT2D eigenvalue weighted by Crippen LogP contribution is -2.48. The Bertz CT molecular complexity index is 330. The summed E-state index contributed by atoms with van der Waals surface area (Å²) in [7, 11) is 4.75. The molecule has 18 heavy (non-hydrogen) atoms. The van der Waals surface area contributed by atoms with Crippen LogP contribution in [0.4, 0.5) is 0 Å². The van der Waals surface area contributed by atoms with Crippen LogP contribution in [0.5, 0.6) is 0 Å². The zero-order valence-electron chi connectivity index (χ0n) is 12.7. The van der Waals surface area contributed by atoms with Crippen molar-refractivity contribution >= 4 is 25.1 Å². The number of piperidine rings is 1. The summed E-state index contributed by atoms with van der Waals surface area (Å²) in [6, 6.07) is 0.710. The molecule has 0 spiro atoms. The first-order valence-electron chi connectivity index (χ1n) is 7.63. The molecule has 0 aromatic carbocycles. The van der Waals surface area contributed by atoms with E-state index in [4.69, 9.17) is 12.2 Å². The van der Waals surface area contributed by atoms with Crippen molar-refractivity contribution in [2.24, 2.45) is 17.8 Å². The third kappa shape index (κ3) is 2.24. The second kappa shape index (κ2) is 5.15. The molecule has 0 amide bonds. The van der Waals surface area contributed by atoms with E-state index in [-0.39, 0.29) is 0 Å². The molecule has 0 N–H and O–H groups in total. The van der Waals surface area contributed by atoms with Gasteiger partial charge in [0.1, 0.15) is 7.85 Å². The molecule has 1 aliphatic heterocycles.